The number of nitrogens with one attached hydrogen (secondary N) is 2. The largest absolute Gasteiger partial charge is 0.452 e. The van der Waals surface area contributed by atoms with Crippen molar-refractivity contribution in [3.05, 3.63) is 54.3 Å². The summed E-state index contributed by atoms with van der Waals surface area (Å²) in [6, 6.07) is 8.19. The van der Waals surface area contributed by atoms with Crippen molar-refractivity contribution in [2.75, 3.05) is 13.2 Å². The summed E-state index contributed by atoms with van der Waals surface area (Å²) in [5.41, 5.74) is 1.97. The van der Waals surface area contributed by atoms with Gasteiger partial charge in [0.15, 0.2) is 5.76 Å². The number of rotatable bonds is 8. The Balaban J connectivity index is 1.43. The first kappa shape index (κ1) is 23.0. The van der Waals surface area contributed by atoms with Crippen LogP contribution in [0.15, 0.2) is 48.6 Å². The third-order valence-electron chi connectivity index (χ3n) is 6.19. The number of thiophene rings is 1. The van der Waals surface area contributed by atoms with Gasteiger partial charge in [0.25, 0.3) is 0 Å². The first-order chi connectivity index (χ1) is 16.4. The van der Waals surface area contributed by atoms with Crippen LogP contribution in [0.2, 0.25) is 0 Å². The van der Waals surface area contributed by atoms with Crippen molar-refractivity contribution in [3.8, 4) is 16.2 Å². The Hall–Kier alpha value is -2.81. The molecule has 1 aliphatic carbocycles. The minimum Gasteiger partial charge on any atom is -0.452 e. The van der Waals surface area contributed by atoms with Crippen LogP contribution in [-0.4, -0.2) is 40.0 Å². The van der Waals surface area contributed by atoms with E-state index >= 15 is 0 Å². The number of aliphatic hydroxyl groups is 1. The highest BCUT2D eigenvalue weighted by molar-refractivity contribution is 7.22. The molecule has 1 saturated carbocycles. The average Bonchev–Trinajstić information content (AvgIpc) is 3.57. The molecule has 0 unspecified atom stereocenters. The highest BCUT2D eigenvalue weighted by atomic mass is 32.1. The predicted molar refractivity (Wildman–Crippen MR) is 134 cm³/mol. The molecule has 0 atom stereocenters. The summed E-state index contributed by atoms with van der Waals surface area (Å²) in [7, 11) is 0. The van der Waals surface area contributed by atoms with E-state index in [0.29, 0.717) is 42.2 Å². The summed E-state index contributed by atoms with van der Waals surface area (Å²) in [6.07, 6.45) is 9.38. The molecule has 2 aliphatic rings. The summed E-state index contributed by atoms with van der Waals surface area (Å²) >= 11 is 1.59. The van der Waals surface area contributed by atoms with E-state index in [1.807, 2.05) is 30.5 Å². The maximum absolute atomic E-state index is 10.2. The molecule has 3 aromatic heterocycles. The highest BCUT2D eigenvalue weighted by Gasteiger charge is 2.25. The number of aromatic nitrogens is 2. The smallest absolute Gasteiger partial charge is 0.164 e. The zero-order valence-electron chi connectivity index (χ0n) is 19.5. The van der Waals surface area contributed by atoms with Crippen LogP contribution in [0, 0.1) is 11.3 Å². The molecule has 0 radical (unpaired) electrons. The first-order valence-electron chi connectivity index (χ1n) is 11.8. The van der Waals surface area contributed by atoms with Gasteiger partial charge in [0, 0.05) is 60.3 Å². The molecule has 0 amide bonds. The van der Waals surface area contributed by atoms with Gasteiger partial charge in [-0.15, -0.1) is 11.3 Å². The molecule has 7 nitrogen and oxygen atoms in total. The Morgan fingerprint density at radius 3 is 2.68 bits per heavy atom. The lowest BCUT2D eigenvalue weighted by molar-refractivity contribution is 0.0739. The summed E-state index contributed by atoms with van der Waals surface area (Å²) in [5.74, 6) is 1.40. The van der Waals surface area contributed by atoms with Crippen LogP contribution >= 0.6 is 11.3 Å². The van der Waals surface area contributed by atoms with Crippen LogP contribution < -0.4 is 10.1 Å². The number of allylic oxidation sites excluding steroid dienone is 1. The van der Waals surface area contributed by atoms with Gasteiger partial charge in [-0.05, 0) is 51.7 Å². The van der Waals surface area contributed by atoms with E-state index in [0.717, 1.165) is 46.3 Å². The molecule has 1 saturated heterocycles. The van der Waals surface area contributed by atoms with E-state index in [-0.39, 0.29) is 5.92 Å². The maximum atomic E-state index is 10.2. The van der Waals surface area contributed by atoms with E-state index in [4.69, 9.17) is 14.9 Å². The number of hydrogen-bond donors (Lipinski definition) is 3. The molecular formula is C26H30N4O3S. The maximum Gasteiger partial charge on any atom is 0.164 e. The molecule has 0 spiro atoms. The quantitative estimate of drug-likeness (QED) is 0.311. The van der Waals surface area contributed by atoms with Crippen LogP contribution in [0.25, 0.3) is 20.7 Å². The van der Waals surface area contributed by atoms with Gasteiger partial charge in [0.2, 0.25) is 0 Å². The average molecular weight is 479 g/mol. The Labute approximate surface area is 203 Å². The zero-order chi connectivity index (χ0) is 23.7. The molecule has 0 bridgehead atoms. The molecule has 34 heavy (non-hydrogen) atoms. The molecule has 3 aromatic rings. The number of nitrogens with zero attached hydrogens (tertiary/aromatic N) is 2. The van der Waals surface area contributed by atoms with Gasteiger partial charge in [-0.1, -0.05) is 6.07 Å². The van der Waals surface area contributed by atoms with Crippen molar-refractivity contribution in [2.45, 2.75) is 51.2 Å². The Morgan fingerprint density at radius 2 is 2.00 bits per heavy atom. The summed E-state index contributed by atoms with van der Waals surface area (Å²) in [6.45, 7) is 4.82. The molecule has 0 aromatic carbocycles. The third-order valence-corrected chi connectivity index (χ3v) is 7.38. The second-order valence-corrected chi connectivity index (χ2v) is 10.5. The minimum atomic E-state index is -0.979. The molecule has 3 N–H and O–H groups in total. The number of ether oxygens (including phenoxy) is 2. The third kappa shape index (κ3) is 5.14. The topological polar surface area (TPSA) is 100 Å². The van der Waals surface area contributed by atoms with Gasteiger partial charge < -0.3 is 25.3 Å². The second-order valence-electron chi connectivity index (χ2n) is 9.48. The number of hydrogen-bond acceptors (Lipinski definition) is 8. The van der Waals surface area contributed by atoms with Crippen LogP contribution in [-0.2, 0) is 10.3 Å². The van der Waals surface area contributed by atoms with Gasteiger partial charge >= 0.3 is 0 Å². The van der Waals surface area contributed by atoms with Crippen LogP contribution in [0.4, 0.5) is 0 Å². The lowest BCUT2D eigenvalue weighted by atomic mass is 9.93. The van der Waals surface area contributed by atoms with E-state index in [1.54, 1.807) is 37.6 Å². The fraction of sp³-hybridized carbons (Fsp3) is 0.423. The fourth-order valence-corrected chi connectivity index (χ4v) is 5.01. The fourth-order valence-electron chi connectivity index (χ4n) is 3.95. The van der Waals surface area contributed by atoms with Crippen molar-refractivity contribution in [1.82, 2.24) is 15.3 Å². The van der Waals surface area contributed by atoms with E-state index < -0.39 is 5.60 Å². The minimum absolute atomic E-state index is 0.137. The number of fused-ring (bicyclic) bond motifs is 1. The lowest BCUT2D eigenvalue weighted by Crippen LogP contribution is -2.27. The monoisotopic (exact) mass is 478 g/mol. The summed E-state index contributed by atoms with van der Waals surface area (Å²) < 4.78 is 12.8. The van der Waals surface area contributed by atoms with Gasteiger partial charge in [0.05, 0.1) is 21.6 Å². The van der Waals surface area contributed by atoms with Crippen LogP contribution in [0.1, 0.15) is 45.2 Å². The van der Waals surface area contributed by atoms with Crippen LogP contribution in [0.5, 0.6) is 5.75 Å². The van der Waals surface area contributed by atoms with Crippen LogP contribution in [0.3, 0.4) is 0 Å². The van der Waals surface area contributed by atoms with Gasteiger partial charge in [-0.25, -0.2) is 0 Å². The second kappa shape index (κ2) is 9.44. The molecular weight excluding hydrogens is 448 g/mol. The molecule has 5 rings (SSSR count). The summed E-state index contributed by atoms with van der Waals surface area (Å²) in [4.78, 5) is 10.00. The van der Waals surface area contributed by atoms with E-state index in [1.165, 1.54) is 0 Å². The Kier molecular flexibility index (Phi) is 6.38. The van der Waals surface area contributed by atoms with Crippen molar-refractivity contribution in [2.24, 2.45) is 5.92 Å². The van der Waals surface area contributed by atoms with E-state index in [9.17, 15) is 5.11 Å². The molecule has 4 heterocycles. The predicted octanol–water partition coefficient (Wildman–Crippen LogP) is 5.00. The Bertz CT molecular complexity index is 1200. The highest BCUT2D eigenvalue weighted by Crippen LogP contribution is 2.38. The summed E-state index contributed by atoms with van der Waals surface area (Å²) in [5, 5.41) is 22.4. The standard InChI is InChI=1S/C26H30N4O3S/c1-26(2,31)23-6-3-17(14-30-23)22-13-19-25(34-22)20(7-10-28-19)33-21(15-29-18-4-5-18)24(27)16-8-11-32-12-9-16/h3,6-7,10,13-16,18,27,29,31H,4-5,8-9,11-12H2,1-2H3/b21-15+,27-24?. The molecule has 1 aliphatic heterocycles. The zero-order valence-corrected chi connectivity index (χ0v) is 20.3. The normalized spacial score (nSPS) is 17.7. The van der Waals surface area contributed by atoms with E-state index in [2.05, 4.69) is 15.3 Å². The van der Waals surface area contributed by atoms with Crippen molar-refractivity contribution < 1.29 is 14.6 Å². The van der Waals surface area contributed by atoms with Gasteiger partial charge in [-0.2, -0.15) is 0 Å². The number of pyridine rings is 2. The molecule has 178 valence electrons. The lowest BCUT2D eigenvalue weighted by Gasteiger charge is -2.24. The Morgan fingerprint density at radius 1 is 1.21 bits per heavy atom. The van der Waals surface area contributed by atoms with Gasteiger partial charge in [-0.3, -0.25) is 9.97 Å². The van der Waals surface area contributed by atoms with Gasteiger partial charge in [0.1, 0.15) is 11.4 Å². The SMILES string of the molecule is CC(C)(O)c1ccc(-c2cc3nccc(O/C(=C/NC4CC4)C(=N)C4CCOCC4)c3s2)cn1. The molecule has 2 fully saturated rings. The van der Waals surface area contributed by atoms with Crippen molar-refractivity contribution >= 4 is 27.3 Å². The van der Waals surface area contributed by atoms with Crippen molar-refractivity contribution in [1.29, 1.82) is 5.41 Å². The first-order valence-corrected chi connectivity index (χ1v) is 12.6. The molecule has 8 heteroatoms. The van der Waals surface area contributed by atoms with Crippen molar-refractivity contribution in [3.63, 3.8) is 0 Å².